The highest BCUT2D eigenvalue weighted by Gasteiger charge is 2.15. The number of fused-ring (bicyclic) bond motifs is 2. The number of carbonyl (C=O) groups is 1. The predicted molar refractivity (Wildman–Crippen MR) is 148 cm³/mol. The molecule has 0 aliphatic rings. The van der Waals surface area contributed by atoms with Crippen molar-refractivity contribution in [2.45, 2.75) is 13.8 Å². The average Bonchev–Trinajstić information content (AvgIpc) is 3.52. The number of amides is 1. The second-order valence-electron chi connectivity index (χ2n) is 9.26. The van der Waals surface area contributed by atoms with Gasteiger partial charge in [0.05, 0.1) is 23.3 Å². The van der Waals surface area contributed by atoms with Crippen LogP contribution in [-0.2, 0) is 4.79 Å². The highest BCUT2D eigenvalue weighted by molar-refractivity contribution is 6.31. The standard InChI is InChI=1S/C29H23ClN6O/c1-16(2)29(37)33-21-10-18(13-31-15-21)19-11-24-27(35-36-28(24)32-14-19)26-12-23-22(7-4-8-25(23)34-26)17-5-3-6-20(30)9-17/h3-16,34H,1-2H3,(H,33,37)(H,32,35,36). The van der Waals surface area contributed by atoms with E-state index < -0.39 is 0 Å². The molecule has 0 bridgehead atoms. The average molecular weight is 507 g/mol. The molecule has 0 radical (unpaired) electrons. The number of anilines is 1. The third-order valence-corrected chi connectivity index (χ3v) is 6.58. The maximum Gasteiger partial charge on any atom is 0.226 e. The van der Waals surface area contributed by atoms with Gasteiger partial charge in [0.1, 0.15) is 0 Å². The summed E-state index contributed by atoms with van der Waals surface area (Å²) in [6, 6.07) is 20.1. The van der Waals surface area contributed by atoms with Crippen LogP contribution < -0.4 is 5.32 Å². The normalized spacial score (nSPS) is 11.5. The Kier molecular flexibility index (Phi) is 5.70. The van der Waals surface area contributed by atoms with Crippen molar-refractivity contribution in [3.8, 4) is 33.6 Å². The molecule has 4 heterocycles. The molecular formula is C29H23ClN6O. The summed E-state index contributed by atoms with van der Waals surface area (Å²) >= 11 is 6.26. The quantitative estimate of drug-likeness (QED) is 0.232. The van der Waals surface area contributed by atoms with Gasteiger partial charge in [0, 0.05) is 50.8 Å². The molecular weight excluding hydrogens is 484 g/mol. The number of aromatic amines is 2. The van der Waals surface area contributed by atoms with Gasteiger partial charge in [0.25, 0.3) is 0 Å². The predicted octanol–water partition coefficient (Wildman–Crippen LogP) is 7.08. The van der Waals surface area contributed by atoms with Crippen LogP contribution in [0.25, 0.3) is 55.6 Å². The van der Waals surface area contributed by atoms with Gasteiger partial charge >= 0.3 is 0 Å². The summed E-state index contributed by atoms with van der Waals surface area (Å²) in [5, 5.41) is 13.1. The van der Waals surface area contributed by atoms with Gasteiger partial charge in [-0.25, -0.2) is 4.98 Å². The smallest absolute Gasteiger partial charge is 0.226 e. The van der Waals surface area contributed by atoms with Gasteiger partial charge in [-0.15, -0.1) is 0 Å². The molecule has 182 valence electrons. The van der Waals surface area contributed by atoms with E-state index in [1.54, 1.807) is 18.6 Å². The van der Waals surface area contributed by atoms with E-state index in [2.05, 4.69) is 54.7 Å². The van der Waals surface area contributed by atoms with Crippen LogP contribution in [0.1, 0.15) is 13.8 Å². The van der Waals surface area contributed by atoms with Crippen molar-refractivity contribution >= 4 is 45.1 Å². The Morgan fingerprint density at radius 2 is 1.76 bits per heavy atom. The molecule has 0 aliphatic heterocycles. The number of pyridine rings is 2. The second kappa shape index (κ2) is 9.19. The summed E-state index contributed by atoms with van der Waals surface area (Å²) in [4.78, 5) is 24.5. The maximum atomic E-state index is 12.1. The zero-order valence-electron chi connectivity index (χ0n) is 20.2. The van der Waals surface area contributed by atoms with Gasteiger partial charge < -0.3 is 10.3 Å². The number of H-pyrrole nitrogens is 2. The van der Waals surface area contributed by atoms with Crippen LogP contribution in [0, 0.1) is 5.92 Å². The molecule has 3 N–H and O–H groups in total. The van der Waals surface area contributed by atoms with Crippen LogP contribution >= 0.6 is 11.6 Å². The number of carbonyl (C=O) groups excluding carboxylic acids is 1. The maximum absolute atomic E-state index is 12.1. The van der Waals surface area contributed by atoms with E-state index in [9.17, 15) is 4.79 Å². The molecule has 6 aromatic rings. The van der Waals surface area contributed by atoms with E-state index in [0.29, 0.717) is 16.4 Å². The Labute approximate surface area is 217 Å². The van der Waals surface area contributed by atoms with Gasteiger partial charge in [-0.1, -0.05) is 49.7 Å². The first kappa shape index (κ1) is 22.9. The molecule has 0 aliphatic carbocycles. The lowest BCUT2D eigenvalue weighted by atomic mass is 10.0. The van der Waals surface area contributed by atoms with E-state index in [1.165, 1.54) is 0 Å². The number of rotatable bonds is 5. The van der Waals surface area contributed by atoms with E-state index in [1.807, 2.05) is 50.2 Å². The summed E-state index contributed by atoms with van der Waals surface area (Å²) in [5.41, 5.74) is 7.89. The number of halogens is 1. The fourth-order valence-corrected chi connectivity index (χ4v) is 4.60. The summed E-state index contributed by atoms with van der Waals surface area (Å²) in [6.07, 6.45) is 5.16. The Morgan fingerprint density at radius 3 is 2.59 bits per heavy atom. The first-order valence-corrected chi connectivity index (χ1v) is 12.3. The van der Waals surface area contributed by atoms with Crippen LogP contribution in [0.15, 0.2) is 79.3 Å². The zero-order chi connectivity index (χ0) is 25.5. The fraction of sp³-hybridized carbons (Fsp3) is 0.103. The number of hydrogen-bond donors (Lipinski definition) is 3. The first-order valence-electron chi connectivity index (χ1n) is 11.9. The minimum atomic E-state index is -0.120. The van der Waals surface area contributed by atoms with Crippen molar-refractivity contribution in [3.05, 3.63) is 84.3 Å². The van der Waals surface area contributed by atoms with Crippen molar-refractivity contribution in [3.63, 3.8) is 0 Å². The number of hydrogen-bond acceptors (Lipinski definition) is 4. The molecule has 0 saturated carbocycles. The number of nitrogens with zero attached hydrogens (tertiary/aromatic N) is 3. The van der Waals surface area contributed by atoms with Crippen molar-refractivity contribution in [2.24, 2.45) is 5.92 Å². The molecule has 2 aromatic carbocycles. The van der Waals surface area contributed by atoms with Crippen LogP contribution in [0.4, 0.5) is 5.69 Å². The van der Waals surface area contributed by atoms with Crippen molar-refractivity contribution < 1.29 is 4.79 Å². The summed E-state index contributed by atoms with van der Waals surface area (Å²) in [6.45, 7) is 3.71. The Bertz CT molecular complexity index is 1780. The van der Waals surface area contributed by atoms with Crippen LogP contribution in [0.5, 0.6) is 0 Å². The molecule has 0 spiro atoms. The van der Waals surface area contributed by atoms with Crippen LogP contribution in [0.2, 0.25) is 5.02 Å². The van der Waals surface area contributed by atoms with Crippen molar-refractivity contribution in [1.82, 2.24) is 25.1 Å². The molecule has 1 amide bonds. The highest BCUT2D eigenvalue weighted by Crippen LogP contribution is 2.35. The highest BCUT2D eigenvalue weighted by atomic mass is 35.5. The summed E-state index contributed by atoms with van der Waals surface area (Å²) in [5.74, 6) is -0.175. The summed E-state index contributed by atoms with van der Waals surface area (Å²) < 4.78 is 0. The molecule has 7 nitrogen and oxygen atoms in total. The van der Waals surface area contributed by atoms with Gasteiger partial charge in [-0.2, -0.15) is 5.10 Å². The zero-order valence-corrected chi connectivity index (χ0v) is 21.0. The Balaban J connectivity index is 1.41. The molecule has 4 aromatic heterocycles. The van der Waals surface area contributed by atoms with E-state index in [4.69, 9.17) is 11.6 Å². The molecule has 0 fully saturated rings. The SMILES string of the molecule is CC(C)C(=O)Nc1cncc(-c2cnc3n[nH]c(-c4cc5c(-c6cccc(Cl)c6)cccc5[nH]4)c3c2)c1. The van der Waals surface area contributed by atoms with Gasteiger partial charge in [-0.3, -0.25) is 14.9 Å². The van der Waals surface area contributed by atoms with Crippen LogP contribution in [0.3, 0.4) is 0 Å². The molecule has 6 rings (SSSR count). The molecule has 0 unspecified atom stereocenters. The first-order chi connectivity index (χ1) is 18.0. The van der Waals surface area contributed by atoms with Gasteiger partial charge in [0.2, 0.25) is 5.91 Å². The molecule has 8 heteroatoms. The lowest BCUT2D eigenvalue weighted by Crippen LogP contribution is -2.17. The third kappa shape index (κ3) is 4.34. The fourth-order valence-electron chi connectivity index (χ4n) is 4.41. The number of aromatic nitrogens is 5. The largest absolute Gasteiger partial charge is 0.353 e. The van der Waals surface area contributed by atoms with Crippen molar-refractivity contribution in [2.75, 3.05) is 5.32 Å². The van der Waals surface area contributed by atoms with E-state index in [-0.39, 0.29) is 11.8 Å². The Morgan fingerprint density at radius 1 is 0.919 bits per heavy atom. The second-order valence-corrected chi connectivity index (χ2v) is 9.70. The van der Waals surface area contributed by atoms with E-state index in [0.717, 1.165) is 49.9 Å². The van der Waals surface area contributed by atoms with Crippen LogP contribution in [-0.4, -0.2) is 31.1 Å². The topological polar surface area (TPSA) is 99.3 Å². The molecule has 37 heavy (non-hydrogen) atoms. The molecule has 0 saturated heterocycles. The lowest BCUT2D eigenvalue weighted by Gasteiger charge is -2.09. The molecule has 0 atom stereocenters. The van der Waals surface area contributed by atoms with E-state index >= 15 is 0 Å². The number of benzene rings is 2. The van der Waals surface area contributed by atoms with Crippen molar-refractivity contribution in [1.29, 1.82) is 0 Å². The third-order valence-electron chi connectivity index (χ3n) is 6.34. The lowest BCUT2D eigenvalue weighted by molar-refractivity contribution is -0.118. The Hall–Kier alpha value is -4.49. The minimum Gasteiger partial charge on any atom is -0.353 e. The van der Waals surface area contributed by atoms with Gasteiger partial charge in [-0.05, 0) is 47.5 Å². The monoisotopic (exact) mass is 506 g/mol. The number of nitrogens with one attached hydrogen (secondary N) is 3. The minimum absolute atomic E-state index is 0.0550. The van der Waals surface area contributed by atoms with Gasteiger partial charge in [0.15, 0.2) is 5.65 Å². The summed E-state index contributed by atoms with van der Waals surface area (Å²) in [7, 11) is 0.